The minimum atomic E-state index is 0.865. The summed E-state index contributed by atoms with van der Waals surface area (Å²) < 4.78 is 0. The Morgan fingerprint density at radius 3 is 2.31 bits per heavy atom. The van der Waals surface area contributed by atoms with E-state index < -0.39 is 0 Å². The van der Waals surface area contributed by atoms with Crippen LogP contribution in [0.4, 0.5) is 0 Å². The Labute approximate surface area is 101 Å². The van der Waals surface area contributed by atoms with Crippen LogP contribution in [0.1, 0.15) is 39.5 Å². The summed E-state index contributed by atoms with van der Waals surface area (Å²) in [5.74, 6) is 2.71. The Bertz CT molecular complexity index is 209. The number of nitrogens with zero attached hydrogens (tertiary/aromatic N) is 1. The van der Waals surface area contributed by atoms with Gasteiger partial charge in [0, 0.05) is 12.6 Å². The molecule has 1 aliphatic heterocycles. The Hall–Kier alpha value is -0.0800. The molecule has 1 heterocycles. The fourth-order valence-corrected chi connectivity index (χ4v) is 3.31. The van der Waals surface area contributed by atoms with Gasteiger partial charge < -0.3 is 10.2 Å². The lowest BCUT2D eigenvalue weighted by Gasteiger charge is -2.35. The Kier molecular flexibility index (Phi) is 4.26. The second-order valence-corrected chi connectivity index (χ2v) is 6.25. The van der Waals surface area contributed by atoms with Gasteiger partial charge in [0.05, 0.1) is 0 Å². The summed E-state index contributed by atoms with van der Waals surface area (Å²) in [5, 5.41) is 3.51. The van der Waals surface area contributed by atoms with Gasteiger partial charge in [-0.1, -0.05) is 13.8 Å². The molecule has 0 bridgehead atoms. The minimum Gasteiger partial charge on any atom is -0.316 e. The predicted molar refractivity (Wildman–Crippen MR) is 69.6 cm³/mol. The lowest BCUT2D eigenvalue weighted by atomic mass is 9.86. The van der Waals surface area contributed by atoms with Crippen molar-refractivity contribution in [2.75, 3.05) is 26.7 Å². The molecule has 2 heteroatoms. The van der Waals surface area contributed by atoms with Crippen LogP contribution in [-0.2, 0) is 0 Å². The van der Waals surface area contributed by atoms with E-state index in [1.807, 2.05) is 0 Å². The van der Waals surface area contributed by atoms with E-state index in [1.54, 1.807) is 0 Å². The van der Waals surface area contributed by atoms with E-state index >= 15 is 0 Å². The second-order valence-electron chi connectivity index (χ2n) is 6.25. The lowest BCUT2D eigenvalue weighted by Crippen LogP contribution is -2.39. The molecule has 2 unspecified atom stereocenters. The van der Waals surface area contributed by atoms with E-state index in [0.29, 0.717) is 0 Å². The lowest BCUT2D eigenvalue weighted by molar-refractivity contribution is 0.144. The van der Waals surface area contributed by atoms with Crippen molar-refractivity contribution in [2.45, 2.75) is 45.6 Å². The van der Waals surface area contributed by atoms with E-state index in [-0.39, 0.29) is 0 Å². The summed E-state index contributed by atoms with van der Waals surface area (Å²) in [6, 6.07) is 0.865. The summed E-state index contributed by atoms with van der Waals surface area (Å²) in [6.07, 6.45) is 5.72. The zero-order valence-electron chi connectivity index (χ0n) is 11.2. The van der Waals surface area contributed by atoms with Gasteiger partial charge in [-0.05, 0) is 63.6 Å². The molecule has 1 saturated heterocycles. The smallest absolute Gasteiger partial charge is 0.00925 e. The Balaban J connectivity index is 1.76. The van der Waals surface area contributed by atoms with E-state index in [9.17, 15) is 0 Å². The average molecular weight is 224 g/mol. The molecule has 0 aromatic carbocycles. The summed E-state index contributed by atoms with van der Waals surface area (Å²) in [6.45, 7) is 8.54. The monoisotopic (exact) mass is 224 g/mol. The molecule has 2 atom stereocenters. The quantitative estimate of drug-likeness (QED) is 0.791. The maximum atomic E-state index is 3.51. The van der Waals surface area contributed by atoms with Crippen LogP contribution in [0.15, 0.2) is 0 Å². The Morgan fingerprint density at radius 2 is 1.75 bits per heavy atom. The first-order chi connectivity index (χ1) is 7.66. The third-order valence-electron chi connectivity index (χ3n) is 4.81. The van der Waals surface area contributed by atoms with Crippen molar-refractivity contribution >= 4 is 0 Å². The first kappa shape index (κ1) is 12.4. The largest absolute Gasteiger partial charge is 0.316 e. The summed E-state index contributed by atoms with van der Waals surface area (Å²) in [5.41, 5.74) is 0. The van der Waals surface area contributed by atoms with Gasteiger partial charge in [0.25, 0.3) is 0 Å². The van der Waals surface area contributed by atoms with E-state index in [2.05, 4.69) is 31.1 Å². The second kappa shape index (κ2) is 5.50. The number of rotatable bonds is 3. The van der Waals surface area contributed by atoms with Crippen LogP contribution >= 0.6 is 0 Å². The van der Waals surface area contributed by atoms with Gasteiger partial charge in [0.2, 0.25) is 0 Å². The standard InChI is InChI=1S/C14H28N2/c1-11-4-6-14(7-5-11)16(3)10-13-9-15-8-12(13)2/h11-15H,4-10H2,1-3H3. The maximum Gasteiger partial charge on any atom is 0.00925 e. The normalized spacial score (nSPS) is 40.5. The fraction of sp³-hybridized carbons (Fsp3) is 1.00. The molecule has 16 heavy (non-hydrogen) atoms. The van der Waals surface area contributed by atoms with Gasteiger partial charge in [-0.2, -0.15) is 0 Å². The van der Waals surface area contributed by atoms with Crippen LogP contribution in [0.5, 0.6) is 0 Å². The van der Waals surface area contributed by atoms with Gasteiger partial charge in [0.15, 0.2) is 0 Å². The topological polar surface area (TPSA) is 15.3 Å². The van der Waals surface area contributed by atoms with E-state index in [4.69, 9.17) is 0 Å². The van der Waals surface area contributed by atoms with Crippen molar-refractivity contribution in [3.05, 3.63) is 0 Å². The number of hydrogen-bond acceptors (Lipinski definition) is 2. The van der Waals surface area contributed by atoms with Crippen molar-refractivity contribution in [2.24, 2.45) is 17.8 Å². The van der Waals surface area contributed by atoms with Crippen molar-refractivity contribution in [3.8, 4) is 0 Å². The molecule has 0 spiro atoms. The SMILES string of the molecule is CC1CCC(N(C)CC2CNCC2C)CC1. The van der Waals surface area contributed by atoms with E-state index in [1.165, 1.54) is 45.3 Å². The van der Waals surface area contributed by atoms with Gasteiger partial charge >= 0.3 is 0 Å². The highest BCUT2D eigenvalue weighted by Crippen LogP contribution is 2.27. The van der Waals surface area contributed by atoms with Gasteiger partial charge in [-0.25, -0.2) is 0 Å². The van der Waals surface area contributed by atoms with Gasteiger partial charge in [-0.15, -0.1) is 0 Å². The molecular weight excluding hydrogens is 196 g/mol. The molecule has 94 valence electrons. The molecule has 2 fully saturated rings. The number of hydrogen-bond donors (Lipinski definition) is 1. The van der Waals surface area contributed by atoms with Crippen LogP contribution in [0.25, 0.3) is 0 Å². The zero-order valence-corrected chi connectivity index (χ0v) is 11.2. The first-order valence-electron chi connectivity index (χ1n) is 7.07. The molecule has 2 nitrogen and oxygen atoms in total. The molecule has 0 aromatic rings. The molecule has 0 amide bonds. The van der Waals surface area contributed by atoms with Crippen LogP contribution in [0, 0.1) is 17.8 Å². The summed E-state index contributed by atoms with van der Waals surface area (Å²) >= 11 is 0. The molecule has 2 aliphatic rings. The molecule has 0 aromatic heterocycles. The van der Waals surface area contributed by atoms with Crippen LogP contribution in [0.3, 0.4) is 0 Å². The van der Waals surface area contributed by atoms with Crippen molar-refractivity contribution in [1.82, 2.24) is 10.2 Å². The van der Waals surface area contributed by atoms with Crippen LogP contribution < -0.4 is 5.32 Å². The third-order valence-corrected chi connectivity index (χ3v) is 4.81. The molecule has 1 N–H and O–H groups in total. The highest BCUT2D eigenvalue weighted by Gasteiger charge is 2.27. The molecular formula is C14H28N2. The molecule has 1 saturated carbocycles. The first-order valence-corrected chi connectivity index (χ1v) is 7.07. The zero-order chi connectivity index (χ0) is 11.5. The van der Waals surface area contributed by atoms with Gasteiger partial charge in [-0.3, -0.25) is 0 Å². The molecule has 0 radical (unpaired) electrons. The molecule has 2 rings (SSSR count). The fourth-order valence-electron chi connectivity index (χ4n) is 3.31. The predicted octanol–water partition coefficient (Wildman–Crippen LogP) is 2.35. The van der Waals surface area contributed by atoms with Crippen molar-refractivity contribution in [1.29, 1.82) is 0 Å². The molecule has 1 aliphatic carbocycles. The van der Waals surface area contributed by atoms with Crippen LogP contribution in [-0.4, -0.2) is 37.6 Å². The minimum absolute atomic E-state index is 0.865. The maximum absolute atomic E-state index is 3.51. The third kappa shape index (κ3) is 2.98. The number of nitrogens with one attached hydrogen (secondary N) is 1. The highest BCUT2D eigenvalue weighted by molar-refractivity contribution is 4.83. The van der Waals surface area contributed by atoms with Gasteiger partial charge in [0.1, 0.15) is 0 Å². The van der Waals surface area contributed by atoms with E-state index in [0.717, 1.165) is 23.8 Å². The van der Waals surface area contributed by atoms with Crippen molar-refractivity contribution in [3.63, 3.8) is 0 Å². The summed E-state index contributed by atoms with van der Waals surface area (Å²) in [7, 11) is 2.34. The highest BCUT2D eigenvalue weighted by atomic mass is 15.1. The van der Waals surface area contributed by atoms with Crippen molar-refractivity contribution < 1.29 is 0 Å². The summed E-state index contributed by atoms with van der Waals surface area (Å²) in [4.78, 5) is 2.64. The average Bonchev–Trinajstić information content (AvgIpc) is 2.65. The Morgan fingerprint density at radius 1 is 1.06 bits per heavy atom. The van der Waals surface area contributed by atoms with Crippen LogP contribution in [0.2, 0.25) is 0 Å².